The highest BCUT2D eigenvalue weighted by molar-refractivity contribution is 5.71. The van der Waals surface area contributed by atoms with Gasteiger partial charge in [-0.2, -0.15) is 0 Å². The van der Waals surface area contributed by atoms with E-state index in [9.17, 15) is 22.0 Å². The Morgan fingerprint density at radius 3 is 1.48 bits per heavy atom. The predicted molar refractivity (Wildman–Crippen MR) is 117 cm³/mol. The van der Waals surface area contributed by atoms with Crippen molar-refractivity contribution in [1.29, 1.82) is 0 Å². The van der Waals surface area contributed by atoms with Crippen LogP contribution in [0.5, 0.6) is 5.75 Å². The summed E-state index contributed by atoms with van der Waals surface area (Å²) < 4.78 is 73.9. The Morgan fingerprint density at radius 1 is 0.545 bits per heavy atom. The fourth-order valence-electron chi connectivity index (χ4n) is 3.50. The molecule has 0 spiro atoms. The zero-order valence-electron chi connectivity index (χ0n) is 17.6. The third kappa shape index (κ3) is 4.90. The molecule has 6 heteroatoms. The van der Waals surface area contributed by atoms with E-state index in [2.05, 4.69) is 19.1 Å². The summed E-state index contributed by atoms with van der Waals surface area (Å²) in [5.41, 5.74) is 4.06. The van der Waals surface area contributed by atoms with Gasteiger partial charge in [0.15, 0.2) is 34.8 Å². The van der Waals surface area contributed by atoms with Crippen molar-refractivity contribution in [2.24, 2.45) is 0 Å². The molecular formula is C27H19F5O. The van der Waals surface area contributed by atoms with E-state index in [-0.39, 0.29) is 5.56 Å². The molecule has 0 heterocycles. The van der Waals surface area contributed by atoms with Crippen LogP contribution >= 0.6 is 0 Å². The number of ether oxygens (including phenoxy) is 1. The maximum absolute atomic E-state index is 14.6. The van der Waals surface area contributed by atoms with Crippen molar-refractivity contribution >= 4 is 0 Å². The van der Waals surface area contributed by atoms with Crippen LogP contribution in [-0.4, -0.2) is 0 Å². The molecule has 33 heavy (non-hydrogen) atoms. The van der Waals surface area contributed by atoms with E-state index in [1.54, 1.807) is 12.1 Å². The Morgan fingerprint density at radius 2 is 1.00 bits per heavy atom. The maximum atomic E-state index is 14.6. The summed E-state index contributed by atoms with van der Waals surface area (Å²) >= 11 is 0. The average Bonchev–Trinajstić information content (AvgIpc) is 2.82. The van der Waals surface area contributed by atoms with Crippen LogP contribution in [0.15, 0.2) is 72.8 Å². The average molecular weight is 454 g/mol. The maximum Gasteiger partial charge on any atom is 0.194 e. The molecule has 0 saturated carbocycles. The van der Waals surface area contributed by atoms with E-state index >= 15 is 0 Å². The Labute approximate surface area is 188 Å². The number of halogens is 5. The zero-order chi connectivity index (χ0) is 23.5. The Kier molecular flexibility index (Phi) is 6.45. The minimum atomic E-state index is -1.62. The van der Waals surface area contributed by atoms with E-state index in [0.717, 1.165) is 29.7 Å². The standard InChI is InChI=1S/C27H19F5O/c1-2-16-3-5-18(6-4-16)19-7-9-20(10-8-19)21-13-24(30)27(25(31)14-21)33-15-17-11-22(28)26(32)23(29)12-17/h3-14H,2,15H2,1H3. The van der Waals surface area contributed by atoms with Gasteiger partial charge < -0.3 is 4.74 Å². The summed E-state index contributed by atoms with van der Waals surface area (Å²) in [7, 11) is 0. The van der Waals surface area contributed by atoms with Crippen LogP contribution in [0, 0.1) is 29.1 Å². The van der Waals surface area contributed by atoms with Crippen LogP contribution in [0.1, 0.15) is 18.1 Å². The van der Waals surface area contributed by atoms with Crippen molar-refractivity contribution in [3.8, 4) is 28.0 Å². The van der Waals surface area contributed by atoms with Crippen LogP contribution < -0.4 is 4.74 Å². The second kappa shape index (κ2) is 9.45. The van der Waals surface area contributed by atoms with Gasteiger partial charge in [0.05, 0.1) is 0 Å². The molecule has 4 aromatic carbocycles. The van der Waals surface area contributed by atoms with E-state index < -0.39 is 41.4 Å². The van der Waals surface area contributed by atoms with Crippen LogP contribution in [0.25, 0.3) is 22.3 Å². The lowest BCUT2D eigenvalue weighted by atomic mass is 9.99. The second-order valence-electron chi connectivity index (χ2n) is 7.56. The van der Waals surface area contributed by atoms with Gasteiger partial charge in [0.1, 0.15) is 6.61 Å². The highest BCUT2D eigenvalue weighted by Crippen LogP contribution is 2.31. The molecule has 1 nitrogen and oxygen atoms in total. The first kappa shape index (κ1) is 22.5. The van der Waals surface area contributed by atoms with Crippen LogP contribution in [0.2, 0.25) is 0 Å². The smallest absolute Gasteiger partial charge is 0.194 e. The van der Waals surface area contributed by atoms with Gasteiger partial charge in [-0.25, -0.2) is 22.0 Å². The van der Waals surface area contributed by atoms with E-state index in [1.165, 1.54) is 5.56 Å². The number of hydrogen-bond donors (Lipinski definition) is 0. The van der Waals surface area contributed by atoms with Gasteiger partial charge in [-0.05, 0) is 64.1 Å². The SMILES string of the molecule is CCc1ccc(-c2ccc(-c3cc(F)c(OCc4cc(F)c(F)c(F)c4)c(F)c3)cc2)cc1. The van der Waals surface area contributed by atoms with E-state index in [0.29, 0.717) is 23.3 Å². The Bertz CT molecular complexity index is 1240. The van der Waals surface area contributed by atoms with Crippen molar-refractivity contribution < 1.29 is 26.7 Å². The van der Waals surface area contributed by atoms with Gasteiger partial charge in [0, 0.05) is 0 Å². The molecule has 0 bridgehead atoms. The summed E-state index contributed by atoms with van der Waals surface area (Å²) in [4.78, 5) is 0. The fourth-order valence-corrected chi connectivity index (χ4v) is 3.50. The van der Waals surface area contributed by atoms with E-state index in [1.807, 2.05) is 24.3 Å². The Hall–Kier alpha value is -3.67. The topological polar surface area (TPSA) is 9.23 Å². The lowest BCUT2D eigenvalue weighted by Crippen LogP contribution is -2.03. The number of aryl methyl sites for hydroxylation is 1. The summed E-state index contributed by atoms with van der Waals surface area (Å²) in [6.45, 7) is 1.55. The van der Waals surface area contributed by atoms with Gasteiger partial charge in [-0.15, -0.1) is 0 Å². The minimum Gasteiger partial charge on any atom is -0.483 e. The molecule has 0 atom stereocenters. The van der Waals surface area contributed by atoms with Gasteiger partial charge >= 0.3 is 0 Å². The quantitative estimate of drug-likeness (QED) is 0.213. The number of rotatable bonds is 6. The van der Waals surface area contributed by atoms with E-state index in [4.69, 9.17) is 4.74 Å². The molecule has 0 unspecified atom stereocenters. The molecule has 0 aliphatic rings. The molecule has 0 aliphatic carbocycles. The highest BCUT2D eigenvalue weighted by atomic mass is 19.2. The third-order valence-electron chi connectivity index (χ3n) is 5.34. The van der Waals surface area contributed by atoms with Crippen molar-refractivity contribution in [2.75, 3.05) is 0 Å². The molecule has 0 saturated heterocycles. The molecular weight excluding hydrogens is 435 g/mol. The lowest BCUT2D eigenvalue weighted by molar-refractivity contribution is 0.272. The normalized spacial score (nSPS) is 11.0. The first-order chi connectivity index (χ1) is 15.9. The van der Waals surface area contributed by atoms with Crippen LogP contribution in [0.4, 0.5) is 22.0 Å². The third-order valence-corrected chi connectivity index (χ3v) is 5.34. The van der Waals surface area contributed by atoms with Gasteiger partial charge in [-0.1, -0.05) is 55.5 Å². The molecule has 0 fully saturated rings. The lowest BCUT2D eigenvalue weighted by Gasteiger charge is -2.11. The van der Waals surface area contributed by atoms with Crippen molar-refractivity contribution in [3.63, 3.8) is 0 Å². The molecule has 0 radical (unpaired) electrons. The van der Waals surface area contributed by atoms with Gasteiger partial charge in [0.25, 0.3) is 0 Å². The summed E-state index contributed by atoms with van der Waals surface area (Å²) in [5.74, 6) is -7.05. The Balaban J connectivity index is 1.53. The van der Waals surface area contributed by atoms with Gasteiger partial charge in [-0.3, -0.25) is 0 Å². The highest BCUT2D eigenvalue weighted by Gasteiger charge is 2.16. The first-order valence-electron chi connectivity index (χ1n) is 10.3. The summed E-state index contributed by atoms with van der Waals surface area (Å²) in [6.07, 6.45) is 0.952. The molecule has 0 aliphatic heterocycles. The van der Waals surface area contributed by atoms with Crippen LogP contribution in [-0.2, 0) is 13.0 Å². The van der Waals surface area contributed by atoms with Crippen molar-refractivity contribution in [1.82, 2.24) is 0 Å². The molecule has 4 aromatic rings. The van der Waals surface area contributed by atoms with Crippen molar-refractivity contribution in [3.05, 3.63) is 113 Å². The second-order valence-corrected chi connectivity index (χ2v) is 7.56. The van der Waals surface area contributed by atoms with Crippen LogP contribution in [0.3, 0.4) is 0 Å². The van der Waals surface area contributed by atoms with Crippen molar-refractivity contribution in [2.45, 2.75) is 20.0 Å². The monoisotopic (exact) mass is 454 g/mol. The molecule has 0 N–H and O–H groups in total. The molecule has 0 amide bonds. The molecule has 168 valence electrons. The minimum absolute atomic E-state index is 0.100. The first-order valence-corrected chi connectivity index (χ1v) is 10.3. The number of benzene rings is 4. The predicted octanol–water partition coefficient (Wildman–Crippen LogP) is 7.86. The largest absolute Gasteiger partial charge is 0.483 e. The zero-order valence-corrected chi connectivity index (χ0v) is 17.6. The summed E-state index contributed by atoms with van der Waals surface area (Å²) in [5, 5.41) is 0. The molecule has 0 aromatic heterocycles. The molecule has 4 rings (SSSR count). The number of hydrogen-bond acceptors (Lipinski definition) is 1. The summed E-state index contributed by atoms with van der Waals surface area (Å²) in [6, 6.07) is 19.1. The van der Waals surface area contributed by atoms with Gasteiger partial charge in [0.2, 0.25) is 0 Å². The fraction of sp³-hybridized carbons (Fsp3) is 0.111.